The minimum Gasteiger partial charge on any atom is -0.494 e. The molecular formula is C17H15Cl4FN2O2. The molecule has 4 nitrogen and oxygen atoms in total. The van der Waals surface area contributed by atoms with Crippen LogP contribution in [0, 0.1) is 5.82 Å². The number of amidine groups is 1. The molecule has 2 aromatic rings. The average Bonchev–Trinajstić information content (AvgIpc) is 2.55. The normalized spacial score (nSPS) is 11.5. The second-order valence-corrected chi connectivity index (χ2v) is 7.10. The number of ether oxygens (including phenoxy) is 1. The van der Waals surface area contributed by atoms with Crippen molar-refractivity contribution < 1.29 is 13.9 Å². The third-order valence-electron chi connectivity index (χ3n) is 3.01. The number of nitrogens with one attached hydrogen (secondary N) is 1. The highest BCUT2D eigenvalue weighted by Gasteiger charge is 2.30. The van der Waals surface area contributed by atoms with Crippen LogP contribution in [0.15, 0.2) is 53.5 Å². The first-order chi connectivity index (χ1) is 11.8. The van der Waals surface area contributed by atoms with Gasteiger partial charge < -0.3 is 10.1 Å². The molecule has 0 aliphatic heterocycles. The van der Waals surface area contributed by atoms with Crippen molar-refractivity contribution in [1.82, 2.24) is 5.32 Å². The minimum absolute atomic E-state index is 0. The summed E-state index contributed by atoms with van der Waals surface area (Å²) in [6.45, 7) is 2.39. The number of halogens is 5. The van der Waals surface area contributed by atoms with E-state index in [1.807, 2.05) is 6.92 Å². The fourth-order valence-electron chi connectivity index (χ4n) is 1.90. The SMILES string of the molecule is CCOc1ccc(N=C(NC(=O)c2ccccc2F)C(Cl)(Cl)Cl)cc1.Cl. The van der Waals surface area contributed by atoms with Gasteiger partial charge in [0.25, 0.3) is 5.91 Å². The van der Waals surface area contributed by atoms with Crippen molar-refractivity contribution in [3.8, 4) is 5.75 Å². The van der Waals surface area contributed by atoms with E-state index in [1.165, 1.54) is 18.2 Å². The van der Waals surface area contributed by atoms with Crippen LogP contribution in [0.2, 0.25) is 0 Å². The molecule has 2 rings (SSSR count). The van der Waals surface area contributed by atoms with Gasteiger partial charge in [-0.1, -0.05) is 46.9 Å². The molecule has 0 aliphatic carbocycles. The lowest BCUT2D eigenvalue weighted by atomic mass is 10.2. The molecule has 0 atom stereocenters. The number of carbonyl (C=O) groups is 1. The number of nitrogens with zero attached hydrogens (tertiary/aromatic N) is 1. The second-order valence-electron chi connectivity index (χ2n) is 4.82. The maximum Gasteiger partial charge on any atom is 0.259 e. The first-order valence-electron chi connectivity index (χ1n) is 7.26. The van der Waals surface area contributed by atoms with Gasteiger partial charge in [-0.15, -0.1) is 12.4 Å². The molecule has 0 unspecified atom stereocenters. The number of benzene rings is 2. The molecule has 1 N–H and O–H groups in total. The Morgan fingerprint density at radius 3 is 2.31 bits per heavy atom. The number of rotatable bonds is 4. The molecule has 0 saturated carbocycles. The summed E-state index contributed by atoms with van der Waals surface area (Å²) < 4.78 is 17.0. The van der Waals surface area contributed by atoms with E-state index in [4.69, 9.17) is 39.5 Å². The smallest absolute Gasteiger partial charge is 0.259 e. The van der Waals surface area contributed by atoms with Gasteiger partial charge in [-0.2, -0.15) is 0 Å². The number of aliphatic imine (C=N–C) groups is 1. The molecular weight excluding hydrogens is 425 g/mol. The Morgan fingerprint density at radius 2 is 1.77 bits per heavy atom. The van der Waals surface area contributed by atoms with Gasteiger partial charge in [0.2, 0.25) is 3.79 Å². The van der Waals surface area contributed by atoms with Crippen molar-refractivity contribution in [1.29, 1.82) is 0 Å². The zero-order valence-electron chi connectivity index (χ0n) is 13.5. The maximum absolute atomic E-state index is 13.7. The summed E-state index contributed by atoms with van der Waals surface area (Å²) in [7, 11) is 0. The van der Waals surface area contributed by atoms with Crippen LogP contribution in [0.4, 0.5) is 10.1 Å². The molecule has 0 aromatic heterocycles. The number of alkyl halides is 3. The van der Waals surface area contributed by atoms with Crippen molar-refractivity contribution in [2.75, 3.05) is 6.61 Å². The molecule has 0 spiro atoms. The lowest BCUT2D eigenvalue weighted by Gasteiger charge is -2.16. The van der Waals surface area contributed by atoms with Crippen LogP contribution in [0.3, 0.4) is 0 Å². The zero-order valence-corrected chi connectivity index (χ0v) is 16.6. The highest BCUT2D eigenvalue weighted by Crippen LogP contribution is 2.29. The average molecular weight is 440 g/mol. The third-order valence-corrected chi connectivity index (χ3v) is 3.54. The van der Waals surface area contributed by atoms with E-state index >= 15 is 0 Å². The largest absolute Gasteiger partial charge is 0.494 e. The molecule has 1 amide bonds. The number of hydrogen-bond donors (Lipinski definition) is 1. The van der Waals surface area contributed by atoms with Crippen LogP contribution in [0.5, 0.6) is 5.75 Å². The molecule has 2 aromatic carbocycles. The Balaban J connectivity index is 0.00000338. The Morgan fingerprint density at radius 1 is 1.15 bits per heavy atom. The first-order valence-corrected chi connectivity index (χ1v) is 8.39. The predicted molar refractivity (Wildman–Crippen MR) is 106 cm³/mol. The molecule has 0 radical (unpaired) electrons. The van der Waals surface area contributed by atoms with Gasteiger partial charge in [-0.25, -0.2) is 9.38 Å². The Labute approximate surface area is 171 Å². The van der Waals surface area contributed by atoms with Gasteiger partial charge in [-0.3, -0.25) is 4.79 Å². The molecule has 9 heteroatoms. The topological polar surface area (TPSA) is 50.7 Å². The van der Waals surface area contributed by atoms with Crippen molar-refractivity contribution >= 4 is 64.6 Å². The van der Waals surface area contributed by atoms with E-state index in [0.29, 0.717) is 18.0 Å². The quantitative estimate of drug-likeness (QED) is 0.389. The number of amides is 1. The number of carbonyl (C=O) groups excluding carboxylic acids is 1. The van der Waals surface area contributed by atoms with E-state index in [2.05, 4.69) is 10.3 Å². The van der Waals surface area contributed by atoms with Crippen LogP contribution in [0.1, 0.15) is 17.3 Å². The Kier molecular flexibility index (Phi) is 8.63. The standard InChI is InChI=1S/C17H14Cl3FN2O2.ClH/c1-2-25-12-9-7-11(8-10-12)22-16(17(18,19)20)23-15(24)13-5-3-4-6-14(13)21;/h3-10H,2H2,1H3,(H,22,23,24);1H. The van der Waals surface area contributed by atoms with Crippen LogP contribution in [-0.4, -0.2) is 22.1 Å². The molecule has 140 valence electrons. The van der Waals surface area contributed by atoms with Gasteiger partial charge in [0.15, 0.2) is 5.84 Å². The van der Waals surface area contributed by atoms with Crippen LogP contribution in [-0.2, 0) is 0 Å². The monoisotopic (exact) mass is 438 g/mol. The zero-order chi connectivity index (χ0) is 18.4. The van der Waals surface area contributed by atoms with E-state index < -0.39 is 15.5 Å². The molecule has 26 heavy (non-hydrogen) atoms. The van der Waals surface area contributed by atoms with Crippen molar-refractivity contribution in [3.63, 3.8) is 0 Å². The lowest BCUT2D eigenvalue weighted by molar-refractivity contribution is 0.0972. The summed E-state index contributed by atoms with van der Waals surface area (Å²) in [5.74, 6) is -1.04. The number of hydrogen-bond acceptors (Lipinski definition) is 3. The Bertz CT molecular complexity index is 777. The van der Waals surface area contributed by atoms with E-state index in [-0.39, 0.29) is 23.8 Å². The highest BCUT2D eigenvalue weighted by atomic mass is 35.6. The fraction of sp³-hybridized carbons (Fsp3) is 0.176. The van der Waals surface area contributed by atoms with Gasteiger partial charge >= 0.3 is 0 Å². The first kappa shape index (κ1) is 22.5. The van der Waals surface area contributed by atoms with Crippen molar-refractivity contribution in [3.05, 3.63) is 59.9 Å². The molecule has 0 fully saturated rings. The fourth-order valence-corrected chi connectivity index (χ4v) is 2.16. The van der Waals surface area contributed by atoms with Crippen LogP contribution >= 0.6 is 47.2 Å². The van der Waals surface area contributed by atoms with Gasteiger partial charge in [0.1, 0.15) is 11.6 Å². The molecule has 0 saturated heterocycles. The second kappa shape index (κ2) is 9.97. The van der Waals surface area contributed by atoms with Crippen molar-refractivity contribution in [2.24, 2.45) is 4.99 Å². The maximum atomic E-state index is 13.7. The summed E-state index contributed by atoms with van der Waals surface area (Å²) in [4.78, 5) is 16.4. The summed E-state index contributed by atoms with van der Waals surface area (Å²) in [6.07, 6.45) is 0. The third kappa shape index (κ3) is 6.32. The molecule has 0 bridgehead atoms. The summed E-state index contributed by atoms with van der Waals surface area (Å²) >= 11 is 17.6. The van der Waals surface area contributed by atoms with E-state index in [1.54, 1.807) is 24.3 Å². The minimum atomic E-state index is -2.00. The highest BCUT2D eigenvalue weighted by molar-refractivity contribution is 6.77. The van der Waals surface area contributed by atoms with Gasteiger partial charge in [0, 0.05) is 0 Å². The van der Waals surface area contributed by atoms with Gasteiger partial charge in [-0.05, 0) is 43.3 Å². The van der Waals surface area contributed by atoms with Crippen LogP contribution in [0.25, 0.3) is 0 Å². The van der Waals surface area contributed by atoms with E-state index in [0.717, 1.165) is 6.07 Å². The summed E-state index contributed by atoms with van der Waals surface area (Å²) in [6, 6.07) is 12.1. The van der Waals surface area contributed by atoms with Crippen molar-refractivity contribution in [2.45, 2.75) is 10.7 Å². The summed E-state index contributed by atoms with van der Waals surface area (Å²) in [5, 5.41) is 2.35. The molecule has 0 aliphatic rings. The predicted octanol–water partition coefficient (Wildman–Crippen LogP) is 5.48. The Hall–Kier alpha value is -1.53. The van der Waals surface area contributed by atoms with E-state index in [9.17, 15) is 9.18 Å². The lowest BCUT2D eigenvalue weighted by Crippen LogP contribution is -2.39. The van der Waals surface area contributed by atoms with Crippen LogP contribution < -0.4 is 10.1 Å². The van der Waals surface area contributed by atoms with Gasteiger partial charge in [0.05, 0.1) is 17.9 Å². The summed E-state index contributed by atoms with van der Waals surface area (Å²) in [5.41, 5.74) is 0.245. The molecule has 0 heterocycles.